The average Bonchev–Trinajstić information content (AvgIpc) is 2.33. The van der Waals surface area contributed by atoms with E-state index in [9.17, 15) is 0 Å². The zero-order chi connectivity index (χ0) is 11.1. The van der Waals surface area contributed by atoms with Gasteiger partial charge in [-0.15, -0.1) is 0 Å². The van der Waals surface area contributed by atoms with E-state index in [1.165, 1.54) is 6.33 Å². The summed E-state index contributed by atoms with van der Waals surface area (Å²) in [6.07, 6.45) is 3.01. The predicted molar refractivity (Wildman–Crippen MR) is 52.9 cm³/mol. The third kappa shape index (κ3) is 3.21. The molecule has 0 saturated heterocycles. The number of aliphatic hydroxyl groups excluding tert-OH is 3. The minimum Gasteiger partial charge on any atom is -0.394 e. The highest BCUT2D eigenvalue weighted by Crippen LogP contribution is 2.03. The van der Waals surface area contributed by atoms with Gasteiger partial charge >= 0.3 is 0 Å². The van der Waals surface area contributed by atoms with E-state index < -0.39 is 5.54 Å². The van der Waals surface area contributed by atoms with Crippen LogP contribution >= 0.6 is 0 Å². The number of aliphatic hydroxyl groups is 3. The summed E-state index contributed by atoms with van der Waals surface area (Å²) in [6, 6.07) is 1.71. The Morgan fingerprint density at radius 3 is 2.33 bits per heavy atom. The van der Waals surface area contributed by atoms with Crippen LogP contribution in [0.4, 0.5) is 0 Å². The van der Waals surface area contributed by atoms with Crippen LogP contribution in [0.1, 0.15) is 5.69 Å². The number of nitrogens with zero attached hydrogens (tertiary/aromatic N) is 2. The first kappa shape index (κ1) is 12.0. The van der Waals surface area contributed by atoms with Crippen molar-refractivity contribution in [3.05, 3.63) is 24.3 Å². The van der Waals surface area contributed by atoms with Gasteiger partial charge in [0.1, 0.15) is 6.33 Å². The molecule has 0 aliphatic carbocycles. The third-order valence-corrected chi connectivity index (χ3v) is 2.20. The maximum absolute atomic E-state index is 9.04. The quantitative estimate of drug-likeness (QED) is 0.449. The molecule has 15 heavy (non-hydrogen) atoms. The molecule has 0 aliphatic heterocycles. The molecule has 6 nitrogen and oxygen atoms in total. The second-order valence-corrected chi connectivity index (χ2v) is 3.31. The Kier molecular flexibility index (Phi) is 4.57. The van der Waals surface area contributed by atoms with E-state index in [2.05, 4.69) is 15.3 Å². The largest absolute Gasteiger partial charge is 0.394 e. The van der Waals surface area contributed by atoms with Gasteiger partial charge in [-0.1, -0.05) is 0 Å². The van der Waals surface area contributed by atoms with Crippen LogP contribution in [0.2, 0.25) is 0 Å². The lowest BCUT2D eigenvalue weighted by Gasteiger charge is -2.28. The first-order valence-corrected chi connectivity index (χ1v) is 4.59. The molecule has 0 bridgehead atoms. The van der Waals surface area contributed by atoms with E-state index in [1.54, 1.807) is 12.3 Å². The van der Waals surface area contributed by atoms with Crippen molar-refractivity contribution in [3.63, 3.8) is 0 Å². The zero-order valence-electron chi connectivity index (χ0n) is 8.30. The van der Waals surface area contributed by atoms with E-state index in [4.69, 9.17) is 15.3 Å². The van der Waals surface area contributed by atoms with Crippen LogP contribution in [0.25, 0.3) is 0 Å². The van der Waals surface area contributed by atoms with E-state index >= 15 is 0 Å². The standard InChI is InChI=1S/C9H15N3O3/c13-4-9(5-14,6-15)12-3-8-1-2-10-7-11-8/h1-2,7,12-15H,3-6H2. The maximum Gasteiger partial charge on any atom is 0.115 e. The number of rotatable bonds is 6. The van der Waals surface area contributed by atoms with E-state index in [0.29, 0.717) is 6.54 Å². The summed E-state index contributed by atoms with van der Waals surface area (Å²) in [5, 5.41) is 30.0. The molecule has 0 saturated carbocycles. The van der Waals surface area contributed by atoms with Crippen LogP contribution in [0.5, 0.6) is 0 Å². The Labute approximate surface area is 87.6 Å². The van der Waals surface area contributed by atoms with Crippen LogP contribution in [0, 0.1) is 0 Å². The van der Waals surface area contributed by atoms with Gasteiger partial charge < -0.3 is 15.3 Å². The Morgan fingerprint density at radius 1 is 1.20 bits per heavy atom. The summed E-state index contributed by atoms with van der Waals surface area (Å²) in [7, 11) is 0. The topological polar surface area (TPSA) is 98.5 Å². The van der Waals surface area contributed by atoms with Gasteiger partial charge in [-0.05, 0) is 6.07 Å². The number of hydrogen-bond donors (Lipinski definition) is 4. The molecule has 0 radical (unpaired) electrons. The summed E-state index contributed by atoms with van der Waals surface area (Å²) >= 11 is 0. The molecule has 1 aromatic heterocycles. The molecule has 1 heterocycles. The SMILES string of the molecule is OCC(CO)(CO)NCc1ccncn1. The van der Waals surface area contributed by atoms with Gasteiger partial charge in [0.2, 0.25) is 0 Å². The van der Waals surface area contributed by atoms with Crippen LogP contribution in [-0.4, -0.2) is 50.6 Å². The Morgan fingerprint density at radius 2 is 1.87 bits per heavy atom. The summed E-state index contributed by atoms with van der Waals surface area (Å²) in [4.78, 5) is 7.73. The van der Waals surface area contributed by atoms with Gasteiger partial charge in [-0.2, -0.15) is 0 Å². The van der Waals surface area contributed by atoms with Gasteiger partial charge in [-0.3, -0.25) is 5.32 Å². The molecule has 1 rings (SSSR count). The van der Waals surface area contributed by atoms with Crippen LogP contribution in [-0.2, 0) is 6.54 Å². The van der Waals surface area contributed by atoms with Gasteiger partial charge in [0.15, 0.2) is 0 Å². The normalized spacial score (nSPS) is 11.7. The van der Waals surface area contributed by atoms with Crippen molar-refractivity contribution in [2.45, 2.75) is 12.1 Å². The smallest absolute Gasteiger partial charge is 0.115 e. The fourth-order valence-electron chi connectivity index (χ4n) is 1.02. The molecule has 0 amide bonds. The highest BCUT2D eigenvalue weighted by molar-refractivity contribution is 4.99. The molecule has 0 fully saturated rings. The van der Waals surface area contributed by atoms with Crippen molar-refractivity contribution in [1.82, 2.24) is 15.3 Å². The third-order valence-electron chi connectivity index (χ3n) is 2.20. The number of hydrogen-bond acceptors (Lipinski definition) is 6. The molecule has 6 heteroatoms. The molecule has 1 aromatic rings. The molecular formula is C9H15N3O3. The maximum atomic E-state index is 9.04. The van der Waals surface area contributed by atoms with Gasteiger partial charge in [0.05, 0.1) is 31.1 Å². The van der Waals surface area contributed by atoms with Gasteiger partial charge in [0, 0.05) is 12.7 Å². The second-order valence-electron chi connectivity index (χ2n) is 3.31. The van der Waals surface area contributed by atoms with E-state index in [0.717, 1.165) is 5.69 Å². The van der Waals surface area contributed by atoms with Crippen molar-refractivity contribution in [3.8, 4) is 0 Å². The van der Waals surface area contributed by atoms with Gasteiger partial charge in [-0.25, -0.2) is 9.97 Å². The summed E-state index contributed by atoms with van der Waals surface area (Å²) in [5.74, 6) is 0. The molecule has 0 unspecified atom stereocenters. The van der Waals surface area contributed by atoms with Crippen molar-refractivity contribution < 1.29 is 15.3 Å². The molecule has 0 aromatic carbocycles. The molecule has 84 valence electrons. The van der Waals surface area contributed by atoms with E-state index in [-0.39, 0.29) is 19.8 Å². The predicted octanol–water partition coefficient (Wildman–Crippen LogP) is -1.72. The highest BCUT2D eigenvalue weighted by atomic mass is 16.3. The summed E-state index contributed by atoms with van der Waals surface area (Å²) < 4.78 is 0. The zero-order valence-corrected chi connectivity index (χ0v) is 8.30. The molecule has 0 aliphatic rings. The fourth-order valence-corrected chi connectivity index (χ4v) is 1.02. The van der Waals surface area contributed by atoms with Gasteiger partial charge in [0.25, 0.3) is 0 Å². The van der Waals surface area contributed by atoms with Crippen molar-refractivity contribution in [2.75, 3.05) is 19.8 Å². The number of nitrogens with one attached hydrogen (secondary N) is 1. The Hall–Kier alpha value is -1.08. The Balaban J connectivity index is 2.54. The summed E-state index contributed by atoms with van der Waals surface area (Å²) in [5.41, 5.74) is -0.338. The summed E-state index contributed by atoms with van der Waals surface area (Å²) in [6.45, 7) is -0.675. The van der Waals surface area contributed by atoms with Crippen LogP contribution in [0.3, 0.4) is 0 Å². The van der Waals surface area contributed by atoms with E-state index in [1.807, 2.05) is 0 Å². The molecule has 0 atom stereocenters. The fraction of sp³-hybridized carbons (Fsp3) is 0.556. The van der Waals surface area contributed by atoms with Crippen molar-refractivity contribution in [2.24, 2.45) is 0 Å². The monoisotopic (exact) mass is 213 g/mol. The van der Waals surface area contributed by atoms with Crippen LogP contribution in [0.15, 0.2) is 18.6 Å². The second kappa shape index (κ2) is 5.72. The highest BCUT2D eigenvalue weighted by Gasteiger charge is 2.27. The lowest BCUT2D eigenvalue weighted by atomic mass is 10.0. The molecular weight excluding hydrogens is 198 g/mol. The first-order chi connectivity index (χ1) is 7.26. The lowest BCUT2D eigenvalue weighted by molar-refractivity contribution is 0.0411. The molecule has 4 N–H and O–H groups in total. The van der Waals surface area contributed by atoms with Crippen LogP contribution < -0.4 is 5.32 Å². The van der Waals surface area contributed by atoms with Crippen molar-refractivity contribution in [1.29, 1.82) is 0 Å². The van der Waals surface area contributed by atoms with Crippen molar-refractivity contribution >= 4 is 0 Å². The Bertz CT molecular complexity index is 269. The lowest BCUT2D eigenvalue weighted by Crippen LogP contribution is -2.54. The number of aromatic nitrogens is 2. The minimum absolute atomic E-state index is 0.342. The minimum atomic E-state index is -1.06. The average molecular weight is 213 g/mol. The first-order valence-electron chi connectivity index (χ1n) is 4.59. The molecule has 0 spiro atoms.